The molecule has 2 heterocycles. The summed E-state index contributed by atoms with van der Waals surface area (Å²) in [6.45, 7) is 6.25. The highest BCUT2D eigenvalue weighted by Crippen LogP contribution is 2.84. The topological polar surface area (TPSA) is 112 Å². The van der Waals surface area contributed by atoms with Crippen molar-refractivity contribution in [3.8, 4) is 5.75 Å². The number of aliphatic hydroxyl groups is 1. The Hall–Kier alpha value is -2.01. The molecule has 1 aromatic carbocycles. The summed E-state index contributed by atoms with van der Waals surface area (Å²) in [5.74, 6) is -1.52. The van der Waals surface area contributed by atoms with Gasteiger partial charge in [0, 0.05) is 29.6 Å². The number of hydrogen-bond acceptors (Lipinski definition) is 8. The Morgan fingerprint density at radius 3 is 2.85 bits per heavy atom. The van der Waals surface area contributed by atoms with E-state index in [2.05, 4.69) is 20.8 Å². The third-order valence-corrected chi connectivity index (χ3v) is 12.7. The van der Waals surface area contributed by atoms with Gasteiger partial charge < -0.3 is 29.0 Å². The molecule has 0 radical (unpaired) electrons. The Labute approximate surface area is 226 Å². The molecule has 7 fully saturated rings. The van der Waals surface area contributed by atoms with Crippen molar-refractivity contribution < 1.29 is 43.0 Å². The summed E-state index contributed by atoms with van der Waals surface area (Å²) in [5, 5.41) is 21.0. The summed E-state index contributed by atoms with van der Waals surface area (Å²) in [4.78, 5) is 26.5. The lowest BCUT2D eigenvalue weighted by Crippen LogP contribution is -2.79. The van der Waals surface area contributed by atoms with Gasteiger partial charge in [-0.25, -0.2) is 9.18 Å². The average molecular weight is 540 g/mol. The van der Waals surface area contributed by atoms with Crippen molar-refractivity contribution in [1.29, 1.82) is 0 Å². The molecule has 2 unspecified atom stereocenters. The molecule has 5 bridgehead atoms. The SMILES string of the molecule is C[C@@H]1C[C@H]2C3C(=O)CC[C@]24[C@@H](C)[C@@H]2OC5(O)C[C@]25C[C@@H](OC(=O)COc2ccc5c(c2F)B(O)OC5)[C@@]1(C)[C@H]34. The normalized spacial score (nSPS) is 49.8. The van der Waals surface area contributed by atoms with Crippen LogP contribution in [0.4, 0.5) is 4.39 Å². The number of carbonyl (C=O) groups is 2. The number of halogens is 1. The van der Waals surface area contributed by atoms with E-state index in [9.17, 15) is 24.1 Å². The minimum atomic E-state index is -1.37. The van der Waals surface area contributed by atoms with Gasteiger partial charge in [0.2, 0.25) is 0 Å². The Kier molecular flexibility index (Phi) is 4.72. The quantitative estimate of drug-likeness (QED) is 0.442. The van der Waals surface area contributed by atoms with Crippen LogP contribution in [0.2, 0.25) is 0 Å². The van der Waals surface area contributed by atoms with Gasteiger partial charge in [-0.05, 0) is 60.0 Å². The highest BCUT2D eigenvalue weighted by Gasteiger charge is 2.88. The van der Waals surface area contributed by atoms with Gasteiger partial charge in [0.15, 0.2) is 24.0 Å². The van der Waals surface area contributed by atoms with Gasteiger partial charge in [0.1, 0.15) is 11.9 Å². The monoisotopic (exact) mass is 540 g/mol. The smallest absolute Gasteiger partial charge is 0.479 e. The number of Topliss-reactive ketones (excluding diaryl/α,β-unsaturated/α-hetero) is 1. The van der Waals surface area contributed by atoms with Crippen molar-refractivity contribution in [3.63, 3.8) is 0 Å². The van der Waals surface area contributed by atoms with Crippen LogP contribution in [-0.4, -0.2) is 53.6 Å². The number of esters is 1. The van der Waals surface area contributed by atoms with E-state index in [1.165, 1.54) is 6.07 Å². The fourth-order valence-electron chi connectivity index (χ4n) is 10.7. The molecule has 2 aliphatic heterocycles. The van der Waals surface area contributed by atoms with Gasteiger partial charge >= 0.3 is 13.1 Å². The number of fused-ring (bicyclic) bond motifs is 2. The van der Waals surface area contributed by atoms with Gasteiger partial charge in [-0.3, -0.25) is 4.79 Å². The summed E-state index contributed by atoms with van der Waals surface area (Å²) < 4.78 is 38.0. The zero-order valence-electron chi connectivity index (χ0n) is 22.4. The maximum Gasteiger partial charge on any atom is 0.494 e. The molecule has 6 aliphatic carbocycles. The third kappa shape index (κ3) is 2.71. The second-order valence-corrected chi connectivity index (χ2v) is 13.7. The van der Waals surface area contributed by atoms with E-state index in [0.717, 1.165) is 12.8 Å². The first kappa shape index (κ1) is 24.8. The second-order valence-electron chi connectivity index (χ2n) is 13.7. The lowest BCUT2D eigenvalue weighted by molar-refractivity contribution is -0.374. The van der Waals surface area contributed by atoms with E-state index in [0.29, 0.717) is 36.5 Å². The van der Waals surface area contributed by atoms with Crippen molar-refractivity contribution >= 4 is 24.3 Å². The van der Waals surface area contributed by atoms with Crippen LogP contribution >= 0.6 is 0 Å². The molecule has 39 heavy (non-hydrogen) atoms. The first-order valence-electron chi connectivity index (χ1n) is 14.3. The zero-order valence-corrected chi connectivity index (χ0v) is 22.4. The number of carbonyl (C=O) groups excluding carboxylic acids is 2. The second kappa shape index (κ2) is 7.44. The Morgan fingerprint density at radius 2 is 2.10 bits per heavy atom. The van der Waals surface area contributed by atoms with Crippen LogP contribution in [0.3, 0.4) is 0 Å². The highest BCUT2D eigenvalue weighted by molar-refractivity contribution is 6.61. The Balaban J connectivity index is 1.10. The van der Waals surface area contributed by atoms with Crippen molar-refractivity contribution in [2.75, 3.05) is 6.61 Å². The fourth-order valence-corrected chi connectivity index (χ4v) is 10.7. The average Bonchev–Trinajstić information content (AvgIpc) is 3.15. The van der Waals surface area contributed by atoms with E-state index in [4.69, 9.17) is 18.9 Å². The number of ketones is 1. The molecule has 8 aliphatic rings. The molecule has 9 rings (SSSR count). The van der Waals surface area contributed by atoms with E-state index >= 15 is 0 Å². The molecule has 2 N–H and O–H groups in total. The first-order chi connectivity index (χ1) is 18.5. The predicted molar refractivity (Wildman–Crippen MR) is 134 cm³/mol. The Bertz CT molecular complexity index is 1320. The molecule has 11 atom stereocenters. The number of rotatable bonds is 4. The molecule has 10 heteroatoms. The third-order valence-electron chi connectivity index (χ3n) is 12.7. The molecule has 0 amide bonds. The molecule has 1 aromatic rings. The lowest BCUT2D eigenvalue weighted by atomic mass is 9.25. The molecule has 8 nitrogen and oxygen atoms in total. The zero-order chi connectivity index (χ0) is 27.3. The summed E-state index contributed by atoms with van der Waals surface area (Å²) in [5.41, 5.74) is -0.380. The Morgan fingerprint density at radius 1 is 1.31 bits per heavy atom. The van der Waals surface area contributed by atoms with Crippen molar-refractivity contribution in [2.45, 2.75) is 77.5 Å². The standard InChI is InChI=1S/C29H34BFO8/c1-13-8-16-21-17(32)6-7-28(16)14(2)25-27(12-29(27,34)39-25)9-19(26(13,3)24(21)28)38-20(33)11-36-18-5-4-15-10-37-30(35)22(15)23(18)31/h4-5,13-14,16,19,21,24-25,34-35H,6-12H2,1-3H3/t13-,14+,16+,19-,21?,24+,25+,26+,27-,28+,29?/m1/s1. The fraction of sp³-hybridized carbons (Fsp3) is 0.724. The molecular weight excluding hydrogens is 506 g/mol. The van der Waals surface area contributed by atoms with Crippen LogP contribution in [0.1, 0.15) is 58.4 Å². The van der Waals surface area contributed by atoms with Crippen LogP contribution in [0, 0.1) is 51.7 Å². The summed E-state index contributed by atoms with van der Waals surface area (Å²) in [6, 6.07) is 3.04. The van der Waals surface area contributed by atoms with Gasteiger partial charge in [-0.1, -0.05) is 26.8 Å². The maximum atomic E-state index is 15.0. The lowest BCUT2D eigenvalue weighted by Gasteiger charge is -2.79. The van der Waals surface area contributed by atoms with Crippen LogP contribution in [0.25, 0.3) is 0 Å². The van der Waals surface area contributed by atoms with E-state index in [-0.39, 0.29) is 53.0 Å². The molecule has 1 saturated heterocycles. The van der Waals surface area contributed by atoms with Crippen LogP contribution in [-0.2, 0) is 30.3 Å². The highest BCUT2D eigenvalue weighted by atomic mass is 19.1. The van der Waals surface area contributed by atoms with E-state index in [1.54, 1.807) is 6.07 Å². The minimum Gasteiger partial charge on any atom is -0.479 e. The van der Waals surface area contributed by atoms with E-state index < -0.39 is 48.2 Å². The van der Waals surface area contributed by atoms with Gasteiger partial charge in [0.25, 0.3) is 0 Å². The minimum absolute atomic E-state index is 0.0128. The number of ether oxygens (including phenoxy) is 3. The van der Waals surface area contributed by atoms with Crippen molar-refractivity contribution in [3.05, 3.63) is 23.5 Å². The summed E-state index contributed by atoms with van der Waals surface area (Å²) in [6.07, 6.45) is 2.67. The molecule has 208 valence electrons. The van der Waals surface area contributed by atoms with Gasteiger partial charge in [0.05, 0.1) is 18.1 Å². The summed E-state index contributed by atoms with van der Waals surface area (Å²) >= 11 is 0. The first-order valence-corrected chi connectivity index (χ1v) is 14.3. The molecular formula is C29H34BFO8. The van der Waals surface area contributed by atoms with Gasteiger partial charge in [-0.2, -0.15) is 0 Å². The van der Waals surface area contributed by atoms with Crippen molar-refractivity contribution in [2.24, 2.45) is 45.8 Å². The molecule has 6 saturated carbocycles. The van der Waals surface area contributed by atoms with Crippen LogP contribution in [0.15, 0.2) is 12.1 Å². The van der Waals surface area contributed by atoms with Crippen molar-refractivity contribution in [1.82, 2.24) is 0 Å². The van der Waals surface area contributed by atoms with E-state index in [1.807, 2.05) is 0 Å². The number of hydrogen-bond donors (Lipinski definition) is 2. The maximum absolute atomic E-state index is 15.0. The molecule has 0 aromatic heterocycles. The number of benzene rings is 1. The predicted octanol–water partition coefficient (Wildman–Crippen LogP) is 2.11. The summed E-state index contributed by atoms with van der Waals surface area (Å²) in [7, 11) is -1.37. The largest absolute Gasteiger partial charge is 0.494 e. The molecule has 2 spiro atoms. The van der Waals surface area contributed by atoms with Crippen LogP contribution < -0.4 is 10.2 Å². The van der Waals surface area contributed by atoms with Gasteiger partial charge in [-0.15, -0.1) is 0 Å². The van der Waals surface area contributed by atoms with Crippen LogP contribution in [0.5, 0.6) is 5.75 Å².